The molecule has 2 aromatic rings. The van der Waals surface area contributed by atoms with Crippen molar-refractivity contribution in [2.24, 2.45) is 0 Å². The normalized spacial score (nSPS) is 16.5. The number of hydrogen-bond donors (Lipinski definition) is 1. The van der Waals surface area contributed by atoms with E-state index in [9.17, 15) is 9.59 Å². The first-order chi connectivity index (χ1) is 12.5. The number of rotatable bonds is 5. The number of nitrogens with one attached hydrogen (secondary N) is 1. The minimum atomic E-state index is -0.280. The van der Waals surface area contributed by atoms with Crippen molar-refractivity contribution in [3.63, 3.8) is 0 Å². The number of halogens is 1. The summed E-state index contributed by atoms with van der Waals surface area (Å²) >= 11 is 5.89. The monoisotopic (exact) mass is 374 g/mol. The van der Waals surface area contributed by atoms with E-state index in [0.717, 1.165) is 5.69 Å². The summed E-state index contributed by atoms with van der Waals surface area (Å²) in [6, 6.07) is 11.7. The third-order valence-corrected chi connectivity index (χ3v) is 4.46. The molecule has 0 bridgehead atoms. The fourth-order valence-electron chi connectivity index (χ4n) is 2.88. The van der Waals surface area contributed by atoms with Gasteiger partial charge in [-0.2, -0.15) is 0 Å². The molecular weight excluding hydrogens is 356 g/mol. The highest BCUT2D eigenvalue weighted by atomic mass is 35.5. The SMILES string of the molecule is COc1cc(OC)cc(C(=O)N[C@@H]2CC(=O)N(c3ccc(Cl)cc3)C2)c1. The largest absolute Gasteiger partial charge is 0.497 e. The summed E-state index contributed by atoms with van der Waals surface area (Å²) in [5.41, 5.74) is 1.18. The van der Waals surface area contributed by atoms with Crippen molar-refractivity contribution >= 4 is 29.1 Å². The standard InChI is InChI=1S/C19H19ClN2O4/c1-25-16-7-12(8-17(10-16)26-2)19(24)21-14-9-18(23)22(11-14)15-5-3-13(20)4-6-15/h3-8,10,14H,9,11H2,1-2H3,(H,21,24)/t14-/m1/s1. The van der Waals surface area contributed by atoms with Crippen LogP contribution in [0.2, 0.25) is 5.02 Å². The van der Waals surface area contributed by atoms with Crippen molar-refractivity contribution in [2.75, 3.05) is 25.7 Å². The quantitative estimate of drug-likeness (QED) is 0.873. The number of methoxy groups -OCH3 is 2. The first-order valence-electron chi connectivity index (χ1n) is 8.10. The number of ether oxygens (including phenoxy) is 2. The van der Waals surface area contributed by atoms with Crippen molar-refractivity contribution < 1.29 is 19.1 Å². The first-order valence-corrected chi connectivity index (χ1v) is 8.48. The Kier molecular flexibility index (Phi) is 5.32. The molecule has 1 atom stereocenters. The van der Waals surface area contributed by atoms with Gasteiger partial charge in [-0.05, 0) is 36.4 Å². The number of nitrogens with zero attached hydrogens (tertiary/aromatic N) is 1. The Labute approximate surface area is 156 Å². The van der Waals surface area contributed by atoms with Crippen LogP contribution in [0.4, 0.5) is 5.69 Å². The molecule has 26 heavy (non-hydrogen) atoms. The molecule has 1 heterocycles. The number of amides is 2. The average Bonchev–Trinajstić information content (AvgIpc) is 3.01. The molecule has 136 valence electrons. The number of benzene rings is 2. The van der Waals surface area contributed by atoms with Crippen LogP contribution in [0.3, 0.4) is 0 Å². The molecule has 1 fully saturated rings. The third kappa shape index (κ3) is 3.91. The van der Waals surface area contributed by atoms with E-state index in [1.165, 1.54) is 14.2 Å². The Balaban J connectivity index is 1.71. The third-order valence-electron chi connectivity index (χ3n) is 4.21. The molecule has 2 aromatic carbocycles. The highest BCUT2D eigenvalue weighted by molar-refractivity contribution is 6.30. The van der Waals surface area contributed by atoms with Crippen LogP contribution in [0.5, 0.6) is 11.5 Å². The van der Waals surface area contributed by atoms with Gasteiger partial charge in [-0.1, -0.05) is 11.6 Å². The molecule has 2 amide bonds. The Hall–Kier alpha value is -2.73. The zero-order chi connectivity index (χ0) is 18.7. The number of hydrogen-bond acceptors (Lipinski definition) is 4. The van der Waals surface area contributed by atoms with Crippen LogP contribution in [-0.2, 0) is 4.79 Å². The molecule has 1 saturated heterocycles. The van der Waals surface area contributed by atoms with Crippen molar-refractivity contribution in [1.29, 1.82) is 0 Å². The molecule has 0 saturated carbocycles. The van der Waals surface area contributed by atoms with Gasteiger partial charge in [-0.25, -0.2) is 0 Å². The molecule has 0 aromatic heterocycles. The maximum atomic E-state index is 12.6. The van der Waals surface area contributed by atoms with Gasteiger partial charge in [0, 0.05) is 35.3 Å². The summed E-state index contributed by atoms with van der Waals surface area (Å²) in [4.78, 5) is 26.5. The van der Waals surface area contributed by atoms with Crippen LogP contribution in [0.25, 0.3) is 0 Å². The summed E-state index contributed by atoms with van der Waals surface area (Å²) in [6.07, 6.45) is 0.246. The summed E-state index contributed by atoms with van der Waals surface area (Å²) < 4.78 is 10.4. The minimum Gasteiger partial charge on any atom is -0.497 e. The van der Waals surface area contributed by atoms with Crippen molar-refractivity contribution in [3.05, 3.63) is 53.1 Å². The van der Waals surface area contributed by atoms with Crippen LogP contribution in [0.1, 0.15) is 16.8 Å². The summed E-state index contributed by atoms with van der Waals surface area (Å²) in [5, 5.41) is 3.51. The number of anilines is 1. The van der Waals surface area contributed by atoms with Gasteiger partial charge < -0.3 is 19.7 Å². The second-order valence-electron chi connectivity index (χ2n) is 5.96. The van der Waals surface area contributed by atoms with E-state index < -0.39 is 0 Å². The lowest BCUT2D eigenvalue weighted by Gasteiger charge is -2.17. The average molecular weight is 375 g/mol. The van der Waals surface area contributed by atoms with Gasteiger partial charge in [0.1, 0.15) is 11.5 Å². The molecule has 0 spiro atoms. The van der Waals surface area contributed by atoms with Crippen molar-refractivity contribution in [3.8, 4) is 11.5 Å². The maximum absolute atomic E-state index is 12.6. The summed E-state index contributed by atoms with van der Waals surface area (Å²) in [5.74, 6) is 0.735. The van der Waals surface area contributed by atoms with Crippen LogP contribution < -0.4 is 19.7 Å². The fraction of sp³-hybridized carbons (Fsp3) is 0.263. The molecule has 6 nitrogen and oxygen atoms in total. The van der Waals surface area contributed by atoms with E-state index in [4.69, 9.17) is 21.1 Å². The highest BCUT2D eigenvalue weighted by Crippen LogP contribution is 2.25. The zero-order valence-electron chi connectivity index (χ0n) is 14.5. The zero-order valence-corrected chi connectivity index (χ0v) is 15.2. The predicted molar refractivity (Wildman–Crippen MR) is 99.2 cm³/mol. The van der Waals surface area contributed by atoms with Gasteiger partial charge in [-0.3, -0.25) is 9.59 Å². The van der Waals surface area contributed by atoms with E-state index in [-0.39, 0.29) is 24.3 Å². The van der Waals surface area contributed by atoms with Gasteiger partial charge in [0.25, 0.3) is 5.91 Å². The van der Waals surface area contributed by atoms with Crippen molar-refractivity contribution in [2.45, 2.75) is 12.5 Å². The van der Waals surface area contributed by atoms with Gasteiger partial charge in [0.15, 0.2) is 0 Å². The molecule has 0 unspecified atom stereocenters. The van der Waals surface area contributed by atoms with Crippen LogP contribution >= 0.6 is 11.6 Å². The van der Waals surface area contributed by atoms with Crippen LogP contribution in [0, 0.1) is 0 Å². The van der Waals surface area contributed by atoms with Crippen LogP contribution in [-0.4, -0.2) is 38.6 Å². The molecule has 0 aliphatic carbocycles. The fourth-order valence-corrected chi connectivity index (χ4v) is 3.01. The van der Waals surface area contributed by atoms with Gasteiger partial charge in [0.2, 0.25) is 5.91 Å². The second-order valence-corrected chi connectivity index (χ2v) is 6.39. The van der Waals surface area contributed by atoms with Crippen LogP contribution in [0.15, 0.2) is 42.5 Å². The first kappa shape index (κ1) is 18.1. The Morgan fingerprint density at radius 3 is 2.31 bits per heavy atom. The Morgan fingerprint density at radius 2 is 1.73 bits per heavy atom. The maximum Gasteiger partial charge on any atom is 0.251 e. The highest BCUT2D eigenvalue weighted by Gasteiger charge is 2.31. The predicted octanol–water partition coefficient (Wildman–Crippen LogP) is 2.89. The topological polar surface area (TPSA) is 67.9 Å². The second kappa shape index (κ2) is 7.66. The number of carbonyl (C=O) groups excluding carboxylic acids is 2. The summed E-state index contributed by atoms with van der Waals surface area (Å²) in [6.45, 7) is 0.410. The van der Waals surface area contributed by atoms with Gasteiger partial charge in [0.05, 0.1) is 20.3 Å². The summed E-state index contributed by atoms with van der Waals surface area (Å²) in [7, 11) is 3.05. The molecule has 1 N–H and O–H groups in total. The van der Waals surface area contributed by atoms with E-state index in [1.807, 2.05) is 0 Å². The van der Waals surface area contributed by atoms with Crippen molar-refractivity contribution in [1.82, 2.24) is 5.32 Å². The lowest BCUT2D eigenvalue weighted by molar-refractivity contribution is -0.117. The molecule has 3 rings (SSSR count). The van der Waals surface area contributed by atoms with Gasteiger partial charge in [-0.15, -0.1) is 0 Å². The lowest BCUT2D eigenvalue weighted by Crippen LogP contribution is -2.37. The molecule has 0 radical (unpaired) electrons. The Bertz CT molecular complexity index is 801. The lowest BCUT2D eigenvalue weighted by atomic mass is 10.1. The molecule has 7 heteroatoms. The van der Waals surface area contributed by atoms with E-state index in [0.29, 0.717) is 28.6 Å². The minimum absolute atomic E-state index is 0.0409. The molecular formula is C19H19ClN2O4. The van der Waals surface area contributed by atoms with Gasteiger partial charge >= 0.3 is 0 Å². The van der Waals surface area contributed by atoms with E-state index in [1.54, 1.807) is 47.4 Å². The van der Waals surface area contributed by atoms with E-state index in [2.05, 4.69) is 5.32 Å². The number of carbonyl (C=O) groups is 2. The smallest absolute Gasteiger partial charge is 0.251 e. The molecule has 1 aliphatic rings. The molecule has 1 aliphatic heterocycles. The van der Waals surface area contributed by atoms with E-state index >= 15 is 0 Å². The Morgan fingerprint density at radius 1 is 1.12 bits per heavy atom.